The molecular formula is C22H30N6OS. The van der Waals surface area contributed by atoms with Crippen LogP contribution in [0.5, 0.6) is 10.9 Å². The number of hydrogen-bond donors (Lipinski definition) is 0. The Labute approximate surface area is 182 Å². The van der Waals surface area contributed by atoms with E-state index in [1.165, 1.54) is 22.7 Å². The van der Waals surface area contributed by atoms with Gasteiger partial charge in [-0.1, -0.05) is 33.8 Å². The summed E-state index contributed by atoms with van der Waals surface area (Å²) >= 11 is 1.19. The molecule has 0 saturated heterocycles. The van der Waals surface area contributed by atoms with Gasteiger partial charge in [-0.3, -0.25) is 0 Å². The van der Waals surface area contributed by atoms with Crippen LogP contribution in [0, 0.1) is 13.8 Å². The third-order valence-corrected chi connectivity index (χ3v) is 5.67. The fourth-order valence-electron chi connectivity index (χ4n) is 2.86. The number of hydrogen-bond acceptors (Lipinski definition) is 8. The molecule has 0 spiro atoms. The van der Waals surface area contributed by atoms with Gasteiger partial charge in [0.1, 0.15) is 5.75 Å². The van der Waals surface area contributed by atoms with Crippen LogP contribution in [0.2, 0.25) is 0 Å². The molecular weight excluding hydrogens is 396 g/mol. The predicted octanol–water partition coefficient (Wildman–Crippen LogP) is 4.59. The molecule has 0 radical (unpaired) electrons. The minimum absolute atomic E-state index is 0.101. The van der Waals surface area contributed by atoms with Crippen molar-refractivity contribution in [1.82, 2.24) is 29.4 Å². The summed E-state index contributed by atoms with van der Waals surface area (Å²) < 4.78 is 10.4. The van der Waals surface area contributed by atoms with Gasteiger partial charge in [-0.2, -0.15) is 14.5 Å². The number of benzene rings is 1. The molecule has 0 atom stereocenters. The minimum atomic E-state index is -0.101. The van der Waals surface area contributed by atoms with E-state index in [4.69, 9.17) is 4.74 Å². The van der Waals surface area contributed by atoms with Gasteiger partial charge in [0, 0.05) is 23.5 Å². The van der Waals surface area contributed by atoms with Gasteiger partial charge >= 0.3 is 0 Å². The number of nitrogens with zero attached hydrogens (tertiary/aromatic N) is 6. The fourth-order valence-corrected chi connectivity index (χ4v) is 3.40. The van der Waals surface area contributed by atoms with Crippen LogP contribution in [-0.2, 0) is 11.8 Å². The van der Waals surface area contributed by atoms with Gasteiger partial charge in [-0.15, -0.1) is 5.10 Å². The van der Waals surface area contributed by atoms with E-state index in [0.717, 1.165) is 36.5 Å². The maximum Gasteiger partial charge on any atom is 0.299 e. The van der Waals surface area contributed by atoms with Crippen LogP contribution in [0.3, 0.4) is 0 Å². The van der Waals surface area contributed by atoms with E-state index in [1.54, 1.807) is 6.20 Å². The van der Waals surface area contributed by atoms with Gasteiger partial charge in [0.15, 0.2) is 0 Å². The molecule has 0 aliphatic rings. The first-order valence-electron chi connectivity index (χ1n) is 10.2. The Kier molecular flexibility index (Phi) is 6.77. The summed E-state index contributed by atoms with van der Waals surface area (Å²) in [6.45, 7) is 14.7. The summed E-state index contributed by atoms with van der Waals surface area (Å²) in [6.07, 6.45) is 2.75. The third kappa shape index (κ3) is 5.37. The van der Waals surface area contributed by atoms with E-state index < -0.39 is 0 Å². The molecule has 7 nitrogen and oxygen atoms in total. The van der Waals surface area contributed by atoms with E-state index >= 15 is 0 Å². The molecule has 0 saturated carbocycles. The van der Waals surface area contributed by atoms with Crippen LogP contribution >= 0.6 is 11.5 Å². The second-order valence-electron chi connectivity index (χ2n) is 8.59. The van der Waals surface area contributed by atoms with Crippen molar-refractivity contribution in [3.05, 3.63) is 40.7 Å². The lowest BCUT2D eigenvalue weighted by molar-refractivity contribution is 0.357. The lowest BCUT2D eigenvalue weighted by Crippen LogP contribution is -2.20. The largest absolute Gasteiger partial charge is 0.430 e. The van der Waals surface area contributed by atoms with Crippen LogP contribution in [0.15, 0.2) is 18.3 Å². The SMILES string of the molecule is CCN(C)CCc1cc(C)c(Oc2nc(-c3ncc(C(C)(C)C)nn3)ns2)cc1C. The highest BCUT2D eigenvalue weighted by Crippen LogP contribution is 2.30. The van der Waals surface area contributed by atoms with Crippen molar-refractivity contribution < 1.29 is 4.74 Å². The molecule has 0 aliphatic carbocycles. The van der Waals surface area contributed by atoms with Crippen molar-refractivity contribution in [3.8, 4) is 22.6 Å². The number of aryl methyl sites for hydroxylation is 2. The molecule has 160 valence electrons. The lowest BCUT2D eigenvalue weighted by atomic mass is 9.93. The Balaban J connectivity index is 1.73. The van der Waals surface area contributed by atoms with Crippen LogP contribution in [0.1, 0.15) is 50.1 Å². The average molecular weight is 427 g/mol. The molecule has 1 aromatic carbocycles. The summed E-state index contributed by atoms with van der Waals surface area (Å²) in [5, 5.41) is 8.91. The third-order valence-electron chi connectivity index (χ3n) is 5.07. The molecule has 3 rings (SSSR count). The summed E-state index contributed by atoms with van der Waals surface area (Å²) in [6, 6.07) is 4.28. The van der Waals surface area contributed by atoms with E-state index in [-0.39, 0.29) is 5.41 Å². The molecule has 0 amide bonds. The van der Waals surface area contributed by atoms with Crippen LogP contribution in [-0.4, -0.2) is 49.6 Å². The summed E-state index contributed by atoms with van der Waals surface area (Å²) in [7, 11) is 2.14. The van der Waals surface area contributed by atoms with E-state index in [1.807, 2.05) is 0 Å². The van der Waals surface area contributed by atoms with Gasteiger partial charge in [-0.25, -0.2) is 4.98 Å². The Hall–Kier alpha value is -2.45. The topological polar surface area (TPSA) is 76.9 Å². The zero-order valence-corrected chi connectivity index (χ0v) is 19.7. The molecule has 2 heterocycles. The highest BCUT2D eigenvalue weighted by atomic mass is 32.1. The molecule has 0 unspecified atom stereocenters. The number of rotatable bonds is 7. The normalized spacial score (nSPS) is 11.9. The van der Waals surface area contributed by atoms with Gasteiger partial charge in [0.2, 0.25) is 11.6 Å². The summed E-state index contributed by atoms with van der Waals surface area (Å²) in [5.41, 5.74) is 4.37. The highest BCUT2D eigenvalue weighted by Gasteiger charge is 2.18. The second-order valence-corrected chi connectivity index (χ2v) is 9.31. The van der Waals surface area contributed by atoms with Gasteiger partial charge in [-0.05, 0) is 56.6 Å². The first kappa shape index (κ1) is 22.2. The first-order valence-corrected chi connectivity index (χ1v) is 11.0. The maximum atomic E-state index is 6.03. The number of ether oxygens (including phenoxy) is 1. The summed E-state index contributed by atoms with van der Waals surface area (Å²) in [4.78, 5) is 11.1. The first-order chi connectivity index (χ1) is 14.2. The molecule has 3 aromatic rings. The maximum absolute atomic E-state index is 6.03. The molecule has 0 bridgehead atoms. The van der Waals surface area contributed by atoms with Crippen LogP contribution < -0.4 is 4.74 Å². The van der Waals surface area contributed by atoms with E-state index in [0.29, 0.717) is 16.8 Å². The van der Waals surface area contributed by atoms with Crippen LogP contribution in [0.25, 0.3) is 11.6 Å². The molecule has 8 heteroatoms. The fraction of sp³-hybridized carbons (Fsp3) is 0.500. The molecule has 0 aliphatic heterocycles. The lowest BCUT2D eigenvalue weighted by Gasteiger charge is -2.16. The standard InChI is InChI=1S/C22H30N6OS/c1-8-28(7)10-9-16-11-15(3)17(12-14(16)2)29-21-24-20(27-30-21)19-23-13-18(25-26-19)22(4,5)6/h11-13H,8-10H2,1-7H3. The molecule has 30 heavy (non-hydrogen) atoms. The molecule has 0 fully saturated rings. The zero-order chi connectivity index (χ0) is 21.9. The van der Waals surface area contributed by atoms with E-state index in [9.17, 15) is 0 Å². The van der Waals surface area contributed by atoms with Crippen molar-refractivity contribution in [3.63, 3.8) is 0 Å². The van der Waals surface area contributed by atoms with Crippen molar-refractivity contribution in [1.29, 1.82) is 0 Å². The highest BCUT2D eigenvalue weighted by molar-refractivity contribution is 7.07. The van der Waals surface area contributed by atoms with Gasteiger partial charge in [0.25, 0.3) is 5.19 Å². The van der Waals surface area contributed by atoms with Crippen molar-refractivity contribution in [2.45, 2.75) is 53.4 Å². The zero-order valence-electron chi connectivity index (χ0n) is 18.9. The number of likely N-dealkylation sites (N-methyl/N-ethyl adjacent to an activating group) is 1. The quantitative estimate of drug-likeness (QED) is 0.547. The van der Waals surface area contributed by atoms with Crippen molar-refractivity contribution in [2.24, 2.45) is 0 Å². The smallest absolute Gasteiger partial charge is 0.299 e. The summed E-state index contributed by atoms with van der Waals surface area (Å²) in [5.74, 6) is 1.62. The monoisotopic (exact) mass is 426 g/mol. The second kappa shape index (κ2) is 9.14. The predicted molar refractivity (Wildman–Crippen MR) is 120 cm³/mol. The Morgan fingerprint density at radius 3 is 2.47 bits per heavy atom. The van der Waals surface area contributed by atoms with Crippen molar-refractivity contribution in [2.75, 3.05) is 20.1 Å². The van der Waals surface area contributed by atoms with E-state index in [2.05, 4.69) is 90.2 Å². The Bertz CT molecular complexity index is 994. The Morgan fingerprint density at radius 2 is 1.83 bits per heavy atom. The minimum Gasteiger partial charge on any atom is -0.430 e. The van der Waals surface area contributed by atoms with Gasteiger partial charge in [0.05, 0.1) is 11.9 Å². The molecule has 2 aromatic heterocycles. The Morgan fingerprint density at radius 1 is 1.07 bits per heavy atom. The van der Waals surface area contributed by atoms with Gasteiger partial charge < -0.3 is 9.64 Å². The van der Waals surface area contributed by atoms with Crippen LogP contribution in [0.4, 0.5) is 0 Å². The molecule has 0 N–H and O–H groups in total. The van der Waals surface area contributed by atoms with Crippen molar-refractivity contribution >= 4 is 11.5 Å². The number of aromatic nitrogens is 5. The average Bonchev–Trinajstić information content (AvgIpc) is 3.17.